The SMILES string of the molecule is Cc1cc2nc(N3CCN(C(=O)c4ccccc4[N+](=O)[O-])CC3)sc2cc1C. The molecule has 144 valence electrons. The molecule has 0 saturated carbocycles. The number of benzene rings is 2. The summed E-state index contributed by atoms with van der Waals surface area (Å²) in [5.74, 6) is -0.289. The molecule has 0 spiro atoms. The Kier molecular flexibility index (Phi) is 4.72. The molecule has 0 N–H and O–H groups in total. The maximum absolute atomic E-state index is 12.8. The number of thiazole rings is 1. The van der Waals surface area contributed by atoms with Gasteiger partial charge < -0.3 is 9.80 Å². The molecular formula is C20H20N4O3S. The van der Waals surface area contributed by atoms with Crippen LogP contribution in [0.5, 0.6) is 0 Å². The third-order valence-electron chi connectivity index (χ3n) is 5.16. The van der Waals surface area contributed by atoms with E-state index in [4.69, 9.17) is 4.98 Å². The summed E-state index contributed by atoms with van der Waals surface area (Å²) in [7, 11) is 0. The molecule has 4 rings (SSSR count). The molecule has 0 atom stereocenters. The standard InChI is InChI=1S/C20H20N4O3S/c1-13-11-16-18(12-14(13)2)28-20(21-16)23-9-7-22(8-10-23)19(25)15-5-3-4-6-17(15)24(26)27/h3-6,11-12H,7-10H2,1-2H3. The highest BCUT2D eigenvalue weighted by Crippen LogP contribution is 2.31. The van der Waals surface area contributed by atoms with Gasteiger partial charge in [0, 0.05) is 32.2 Å². The van der Waals surface area contributed by atoms with Crippen LogP contribution in [0.4, 0.5) is 10.8 Å². The van der Waals surface area contributed by atoms with E-state index in [1.165, 1.54) is 23.3 Å². The first kappa shape index (κ1) is 18.4. The molecule has 2 heterocycles. The number of para-hydroxylation sites is 1. The predicted molar refractivity (Wildman–Crippen MR) is 110 cm³/mol. The van der Waals surface area contributed by atoms with E-state index in [1.54, 1.807) is 28.4 Å². The maximum atomic E-state index is 12.8. The van der Waals surface area contributed by atoms with Gasteiger partial charge in [0.25, 0.3) is 11.6 Å². The largest absolute Gasteiger partial charge is 0.345 e. The quantitative estimate of drug-likeness (QED) is 0.497. The molecule has 28 heavy (non-hydrogen) atoms. The molecule has 0 radical (unpaired) electrons. The normalized spacial score (nSPS) is 14.5. The smallest absolute Gasteiger partial charge is 0.282 e. The van der Waals surface area contributed by atoms with E-state index in [0.717, 1.165) is 15.3 Å². The summed E-state index contributed by atoms with van der Waals surface area (Å²) in [6.07, 6.45) is 0. The number of carbonyl (C=O) groups excluding carboxylic acids is 1. The molecule has 7 nitrogen and oxygen atoms in total. The Morgan fingerprint density at radius 1 is 1.11 bits per heavy atom. The minimum atomic E-state index is -0.505. The van der Waals surface area contributed by atoms with Crippen molar-refractivity contribution >= 4 is 38.3 Å². The molecular weight excluding hydrogens is 376 g/mol. The van der Waals surface area contributed by atoms with Crippen LogP contribution < -0.4 is 4.90 Å². The van der Waals surface area contributed by atoms with Crippen LogP contribution in [0.25, 0.3) is 10.2 Å². The molecule has 1 fully saturated rings. The van der Waals surface area contributed by atoms with Gasteiger partial charge >= 0.3 is 0 Å². The van der Waals surface area contributed by atoms with E-state index in [2.05, 4.69) is 30.9 Å². The van der Waals surface area contributed by atoms with Crippen molar-refractivity contribution in [3.05, 3.63) is 63.2 Å². The van der Waals surface area contributed by atoms with Crippen molar-refractivity contribution in [3.8, 4) is 0 Å². The lowest BCUT2D eigenvalue weighted by Crippen LogP contribution is -2.48. The van der Waals surface area contributed by atoms with Crippen molar-refractivity contribution in [1.29, 1.82) is 0 Å². The van der Waals surface area contributed by atoms with Crippen molar-refractivity contribution in [2.24, 2.45) is 0 Å². The Bertz CT molecular complexity index is 1030. The number of nitrogens with zero attached hydrogens (tertiary/aromatic N) is 4. The van der Waals surface area contributed by atoms with Gasteiger partial charge in [0.2, 0.25) is 0 Å². The van der Waals surface area contributed by atoms with Crippen molar-refractivity contribution in [2.45, 2.75) is 13.8 Å². The van der Waals surface area contributed by atoms with Gasteiger partial charge in [-0.15, -0.1) is 0 Å². The van der Waals surface area contributed by atoms with E-state index in [-0.39, 0.29) is 17.2 Å². The fourth-order valence-corrected chi connectivity index (χ4v) is 4.49. The topological polar surface area (TPSA) is 79.6 Å². The lowest BCUT2D eigenvalue weighted by atomic mass is 10.1. The van der Waals surface area contributed by atoms with Crippen LogP contribution in [-0.4, -0.2) is 46.9 Å². The van der Waals surface area contributed by atoms with Crippen LogP contribution in [0, 0.1) is 24.0 Å². The van der Waals surface area contributed by atoms with Gasteiger partial charge in [-0.1, -0.05) is 23.5 Å². The molecule has 0 unspecified atom stereocenters. The molecule has 0 aliphatic carbocycles. The third kappa shape index (κ3) is 3.31. The van der Waals surface area contributed by atoms with E-state index in [9.17, 15) is 14.9 Å². The van der Waals surface area contributed by atoms with Crippen LogP contribution in [0.15, 0.2) is 36.4 Å². The molecule has 1 aliphatic rings. The number of aryl methyl sites for hydroxylation is 2. The Hall–Kier alpha value is -3.00. The van der Waals surface area contributed by atoms with E-state index >= 15 is 0 Å². The summed E-state index contributed by atoms with van der Waals surface area (Å²) in [5.41, 5.74) is 3.48. The number of nitro benzene ring substituents is 1. The number of anilines is 1. The second-order valence-corrected chi connectivity index (χ2v) is 7.96. The van der Waals surface area contributed by atoms with Crippen LogP contribution in [0.3, 0.4) is 0 Å². The van der Waals surface area contributed by atoms with Gasteiger partial charge in [0.05, 0.1) is 15.1 Å². The van der Waals surface area contributed by atoms with Crippen LogP contribution in [0.1, 0.15) is 21.5 Å². The zero-order valence-corrected chi connectivity index (χ0v) is 16.5. The predicted octanol–water partition coefficient (Wildman–Crippen LogP) is 3.78. The first-order valence-electron chi connectivity index (χ1n) is 9.09. The van der Waals surface area contributed by atoms with Gasteiger partial charge in [-0.25, -0.2) is 4.98 Å². The van der Waals surface area contributed by atoms with E-state index < -0.39 is 4.92 Å². The lowest BCUT2D eigenvalue weighted by molar-refractivity contribution is -0.385. The Morgan fingerprint density at radius 2 is 1.79 bits per heavy atom. The van der Waals surface area contributed by atoms with Crippen molar-refractivity contribution < 1.29 is 9.72 Å². The summed E-state index contributed by atoms with van der Waals surface area (Å²) >= 11 is 1.66. The summed E-state index contributed by atoms with van der Waals surface area (Å²) < 4.78 is 1.16. The Morgan fingerprint density at radius 3 is 2.50 bits per heavy atom. The van der Waals surface area contributed by atoms with Gasteiger partial charge in [-0.05, 0) is 43.2 Å². The number of piperazine rings is 1. The number of aromatic nitrogens is 1. The number of amides is 1. The number of fused-ring (bicyclic) bond motifs is 1. The number of rotatable bonds is 3. The van der Waals surface area contributed by atoms with Gasteiger partial charge in [0.15, 0.2) is 5.13 Å². The highest BCUT2D eigenvalue weighted by Gasteiger charge is 2.28. The first-order chi connectivity index (χ1) is 13.4. The van der Waals surface area contributed by atoms with Crippen LogP contribution in [-0.2, 0) is 0 Å². The number of hydrogen-bond donors (Lipinski definition) is 0. The monoisotopic (exact) mass is 396 g/mol. The third-order valence-corrected chi connectivity index (χ3v) is 6.24. The van der Waals surface area contributed by atoms with Crippen molar-refractivity contribution in [3.63, 3.8) is 0 Å². The minimum Gasteiger partial charge on any atom is -0.345 e. The Balaban J connectivity index is 1.49. The maximum Gasteiger partial charge on any atom is 0.282 e. The summed E-state index contributed by atoms with van der Waals surface area (Å²) in [5, 5.41) is 12.2. The van der Waals surface area contributed by atoms with Crippen molar-refractivity contribution in [2.75, 3.05) is 31.1 Å². The van der Waals surface area contributed by atoms with Gasteiger partial charge in [0.1, 0.15) is 5.56 Å². The Labute approximate surface area is 166 Å². The molecule has 1 aliphatic heterocycles. The molecule has 1 amide bonds. The summed E-state index contributed by atoms with van der Waals surface area (Å²) in [6.45, 7) is 6.52. The molecule has 1 saturated heterocycles. The second-order valence-electron chi connectivity index (χ2n) is 6.95. The molecule has 8 heteroatoms. The van der Waals surface area contributed by atoms with Crippen molar-refractivity contribution in [1.82, 2.24) is 9.88 Å². The number of hydrogen-bond acceptors (Lipinski definition) is 6. The van der Waals surface area contributed by atoms with Gasteiger partial charge in [-0.3, -0.25) is 14.9 Å². The average molecular weight is 396 g/mol. The fraction of sp³-hybridized carbons (Fsp3) is 0.300. The van der Waals surface area contributed by atoms with E-state index in [1.807, 2.05) is 0 Å². The molecule has 1 aromatic heterocycles. The zero-order valence-electron chi connectivity index (χ0n) is 15.7. The molecule has 3 aromatic rings. The minimum absolute atomic E-state index is 0.145. The number of carbonyl (C=O) groups is 1. The second kappa shape index (κ2) is 7.20. The highest BCUT2D eigenvalue weighted by molar-refractivity contribution is 7.22. The lowest BCUT2D eigenvalue weighted by Gasteiger charge is -2.34. The average Bonchev–Trinajstić information content (AvgIpc) is 3.10. The summed E-state index contributed by atoms with van der Waals surface area (Å²) in [6, 6.07) is 10.4. The fourth-order valence-electron chi connectivity index (χ4n) is 3.39. The van der Waals surface area contributed by atoms with Crippen LogP contribution >= 0.6 is 11.3 Å². The van der Waals surface area contributed by atoms with E-state index in [0.29, 0.717) is 26.2 Å². The summed E-state index contributed by atoms with van der Waals surface area (Å²) in [4.78, 5) is 32.1. The van der Waals surface area contributed by atoms with Gasteiger partial charge in [-0.2, -0.15) is 0 Å². The number of nitro groups is 1. The molecule has 0 bridgehead atoms. The first-order valence-corrected chi connectivity index (χ1v) is 9.91. The van der Waals surface area contributed by atoms with Crippen LogP contribution in [0.2, 0.25) is 0 Å². The zero-order chi connectivity index (χ0) is 19.8. The highest BCUT2D eigenvalue weighted by atomic mass is 32.1. The molecule has 2 aromatic carbocycles.